The lowest BCUT2D eigenvalue weighted by Crippen LogP contribution is -2.20. The van der Waals surface area contributed by atoms with E-state index in [0.717, 1.165) is 6.07 Å². The van der Waals surface area contributed by atoms with Crippen molar-refractivity contribution in [2.45, 2.75) is 6.54 Å². The van der Waals surface area contributed by atoms with Crippen LogP contribution in [0.2, 0.25) is 0 Å². The predicted molar refractivity (Wildman–Crippen MR) is 71.6 cm³/mol. The second kappa shape index (κ2) is 10.7. The van der Waals surface area contributed by atoms with Crippen LogP contribution in [0.5, 0.6) is 0 Å². The van der Waals surface area contributed by atoms with Gasteiger partial charge in [-0.15, -0.1) is 0 Å². The summed E-state index contributed by atoms with van der Waals surface area (Å²) < 4.78 is 41.0. The molecule has 0 amide bonds. The summed E-state index contributed by atoms with van der Waals surface area (Å²) in [4.78, 5) is 0. The van der Waals surface area contributed by atoms with Gasteiger partial charge in [0.05, 0.1) is 33.0 Å². The summed E-state index contributed by atoms with van der Waals surface area (Å²) in [6, 6.07) is 3.86. The van der Waals surface area contributed by atoms with E-state index in [1.165, 1.54) is 6.07 Å². The van der Waals surface area contributed by atoms with Gasteiger partial charge in [0.15, 0.2) is 11.6 Å². The van der Waals surface area contributed by atoms with Gasteiger partial charge in [-0.1, -0.05) is 6.07 Å². The molecule has 6 heteroatoms. The van der Waals surface area contributed by atoms with E-state index >= 15 is 0 Å². The highest BCUT2D eigenvalue weighted by Gasteiger charge is 2.01. The van der Waals surface area contributed by atoms with E-state index in [2.05, 4.69) is 5.32 Å². The molecule has 1 aromatic rings. The number of nitrogens with one attached hydrogen (secondary N) is 1. The van der Waals surface area contributed by atoms with Crippen LogP contribution in [-0.4, -0.2) is 46.7 Å². The Bertz CT molecular complexity index is 377. The molecular formula is C14H21F2NO3. The van der Waals surface area contributed by atoms with Gasteiger partial charge in [0, 0.05) is 20.2 Å². The van der Waals surface area contributed by atoms with Crippen LogP contribution in [0.25, 0.3) is 0 Å². The average molecular weight is 289 g/mol. The maximum absolute atomic E-state index is 12.9. The molecule has 0 aliphatic rings. The Balaban J connectivity index is 1.95. The fourth-order valence-corrected chi connectivity index (χ4v) is 1.49. The van der Waals surface area contributed by atoms with Crippen molar-refractivity contribution in [3.05, 3.63) is 35.4 Å². The summed E-state index contributed by atoms with van der Waals surface area (Å²) >= 11 is 0. The zero-order chi connectivity index (χ0) is 14.6. The van der Waals surface area contributed by atoms with Gasteiger partial charge in [-0.05, 0) is 17.7 Å². The van der Waals surface area contributed by atoms with Crippen molar-refractivity contribution in [1.82, 2.24) is 5.32 Å². The van der Waals surface area contributed by atoms with Crippen molar-refractivity contribution in [2.24, 2.45) is 0 Å². The van der Waals surface area contributed by atoms with Gasteiger partial charge in [-0.25, -0.2) is 8.78 Å². The molecule has 0 aliphatic carbocycles. The first-order valence-corrected chi connectivity index (χ1v) is 6.53. The lowest BCUT2D eigenvalue weighted by Gasteiger charge is -2.07. The summed E-state index contributed by atoms with van der Waals surface area (Å²) in [6.45, 7) is 3.85. The molecule has 0 aromatic heterocycles. The molecule has 1 aromatic carbocycles. The summed E-state index contributed by atoms with van der Waals surface area (Å²) in [5.41, 5.74) is 0.701. The molecule has 0 aliphatic heterocycles. The van der Waals surface area contributed by atoms with Gasteiger partial charge >= 0.3 is 0 Å². The van der Waals surface area contributed by atoms with Crippen molar-refractivity contribution in [3.63, 3.8) is 0 Å². The molecule has 0 unspecified atom stereocenters. The summed E-state index contributed by atoms with van der Waals surface area (Å²) in [5.74, 6) is -1.65. The van der Waals surface area contributed by atoms with Crippen LogP contribution in [0.1, 0.15) is 5.56 Å². The van der Waals surface area contributed by atoms with E-state index in [0.29, 0.717) is 51.7 Å². The van der Waals surface area contributed by atoms with Crippen molar-refractivity contribution < 1.29 is 23.0 Å². The quantitative estimate of drug-likeness (QED) is 0.630. The van der Waals surface area contributed by atoms with Crippen LogP contribution in [0.3, 0.4) is 0 Å². The Morgan fingerprint density at radius 3 is 2.35 bits per heavy atom. The third kappa shape index (κ3) is 7.49. The molecular weight excluding hydrogens is 268 g/mol. The second-order valence-corrected chi connectivity index (χ2v) is 4.14. The van der Waals surface area contributed by atoms with Gasteiger partial charge in [-0.2, -0.15) is 0 Å². The minimum absolute atomic E-state index is 0.477. The van der Waals surface area contributed by atoms with Gasteiger partial charge in [-0.3, -0.25) is 0 Å². The Hall–Kier alpha value is -1.08. The Morgan fingerprint density at radius 1 is 0.950 bits per heavy atom. The lowest BCUT2D eigenvalue weighted by molar-refractivity contribution is 0.0255. The molecule has 4 nitrogen and oxygen atoms in total. The van der Waals surface area contributed by atoms with Gasteiger partial charge in [0.1, 0.15) is 0 Å². The van der Waals surface area contributed by atoms with Crippen LogP contribution in [-0.2, 0) is 20.8 Å². The number of hydrogen-bond donors (Lipinski definition) is 1. The minimum atomic E-state index is -0.828. The Morgan fingerprint density at radius 2 is 1.65 bits per heavy atom. The minimum Gasteiger partial charge on any atom is -0.382 e. The number of methoxy groups -OCH3 is 1. The molecule has 0 spiro atoms. The zero-order valence-corrected chi connectivity index (χ0v) is 11.7. The maximum Gasteiger partial charge on any atom is 0.159 e. The monoisotopic (exact) mass is 289 g/mol. The molecule has 114 valence electrons. The molecule has 0 fully saturated rings. The van der Waals surface area contributed by atoms with Gasteiger partial charge < -0.3 is 19.5 Å². The molecule has 0 bridgehead atoms. The normalized spacial score (nSPS) is 10.9. The first-order chi connectivity index (χ1) is 9.74. The van der Waals surface area contributed by atoms with E-state index in [-0.39, 0.29) is 0 Å². The van der Waals surface area contributed by atoms with Crippen molar-refractivity contribution in [3.8, 4) is 0 Å². The molecule has 0 saturated carbocycles. The second-order valence-electron chi connectivity index (χ2n) is 4.14. The summed E-state index contributed by atoms with van der Waals surface area (Å²) in [7, 11) is 1.62. The molecule has 0 heterocycles. The first-order valence-electron chi connectivity index (χ1n) is 6.53. The predicted octanol–water partition coefficient (Wildman–Crippen LogP) is 1.73. The van der Waals surface area contributed by atoms with Crippen molar-refractivity contribution in [2.75, 3.05) is 46.7 Å². The fourth-order valence-electron chi connectivity index (χ4n) is 1.49. The Kier molecular flexibility index (Phi) is 9.06. The maximum atomic E-state index is 12.9. The highest BCUT2D eigenvalue weighted by atomic mass is 19.2. The standard InChI is InChI=1S/C14H21F2NO3/c1-18-6-7-20-9-8-19-5-4-17-11-12-2-3-13(15)14(16)10-12/h2-3,10,17H,4-9,11H2,1H3. The lowest BCUT2D eigenvalue weighted by atomic mass is 10.2. The molecule has 0 radical (unpaired) electrons. The largest absolute Gasteiger partial charge is 0.382 e. The number of benzene rings is 1. The molecule has 1 rings (SSSR count). The highest BCUT2D eigenvalue weighted by molar-refractivity contribution is 5.17. The SMILES string of the molecule is COCCOCCOCCNCc1ccc(F)c(F)c1. The molecule has 0 atom stereocenters. The van der Waals surface area contributed by atoms with Crippen LogP contribution >= 0.6 is 0 Å². The molecule has 0 saturated heterocycles. The van der Waals surface area contributed by atoms with Crippen LogP contribution in [0.15, 0.2) is 18.2 Å². The van der Waals surface area contributed by atoms with E-state index in [1.54, 1.807) is 13.2 Å². The van der Waals surface area contributed by atoms with E-state index in [9.17, 15) is 8.78 Å². The summed E-state index contributed by atoms with van der Waals surface area (Å²) in [5, 5.41) is 3.08. The number of halogens is 2. The van der Waals surface area contributed by atoms with Crippen LogP contribution in [0, 0.1) is 11.6 Å². The average Bonchev–Trinajstić information content (AvgIpc) is 2.45. The van der Waals surface area contributed by atoms with Crippen LogP contribution < -0.4 is 5.32 Å². The number of hydrogen-bond acceptors (Lipinski definition) is 4. The van der Waals surface area contributed by atoms with E-state index < -0.39 is 11.6 Å². The third-order valence-corrected chi connectivity index (χ3v) is 2.54. The first kappa shape index (κ1) is 17.0. The molecule has 20 heavy (non-hydrogen) atoms. The fraction of sp³-hybridized carbons (Fsp3) is 0.571. The van der Waals surface area contributed by atoms with Crippen molar-refractivity contribution in [1.29, 1.82) is 0 Å². The van der Waals surface area contributed by atoms with Crippen molar-refractivity contribution >= 4 is 0 Å². The smallest absolute Gasteiger partial charge is 0.159 e. The van der Waals surface area contributed by atoms with Gasteiger partial charge in [0.25, 0.3) is 0 Å². The Labute approximate surface area is 118 Å². The summed E-state index contributed by atoms with van der Waals surface area (Å²) in [6.07, 6.45) is 0. The van der Waals surface area contributed by atoms with E-state index in [4.69, 9.17) is 14.2 Å². The third-order valence-electron chi connectivity index (χ3n) is 2.54. The highest BCUT2D eigenvalue weighted by Crippen LogP contribution is 2.08. The van der Waals surface area contributed by atoms with E-state index in [1.807, 2.05) is 0 Å². The molecule has 1 N–H and O–H groups in total. The number of rotatable bonds is 11. The van der Waals surface area contributed by atoms with Crippen LogP contribution in [0.4, 0.5) is 8.78 Å². The van der Waals surface area contributed by atoms with Gasteiger partial charge in [0.2, 0.25) is 0 Å². The topological polar surface area (TPSA) is 39.7 Å². The zero-order valence-electron chi connectivity index (χ0n) is 11.7. The number of ether oxygens (including phenoxy) is 3.